The second-order valence-corrected chi connectivity index (χ2v) is 9.80. The van der Waals surface area contributed by atoms with E-state index in [1.165, 1.54) is 24.8 Å². The van der Waals surface area contributed by atoms with Gasteiger partial charge < -0.3 is 10.2 Å². The van der Waals surface area contributed by atoms with Gasteiger partial charge in [-0.2, -0.15) is 0 Å². The topological polar surface area (TPSA) is 75.2 Å². The number of carbonyl (C=O) groups excluding carboxylic acids is 2. The van der Waals surface area contributed by atoms with Crippen LogP contribution in [0.4, 0.5) is 0 Å². The van der Waals surface area contributed by atoms with Crippen molar-refractivity contribution in [3.63, 3.8) is 0 Å². The van der Waals surface area contributed by atoms with Crippen molar-refractivity contribution in [2.45, 2.75) is 84.1 Å². The van der Waals surface area contributed by atoms with Crippen molar-refractivity contribution in [3.8, 4) is 0 Å². The molecule has 2 aliphatic rings. The van der Waals surface area contributed by atoms with E-state index in [1.54, 1.807) is 0 Å². The summed E-state index contributed by atoms with van der Waals surface area (Å²) in [5, 5.41) is 3.19. The number of hydrogen-bond donors (Lipinski definition) is 1. The van der Waals surface area contributed by atoms with E-state index in [0.717, 1.165) is 54.1 Å². The summed E-state index contributed by atoms with van der Waals surface area (Å²) >= 11 is 0. The summed E-state index contributed by atoms with van der Waals surface area (Å²) in [6.45, 7) is 7.38. The number of carbonyl (C=O) groups is 2. The third-order valence-electron chi connectivity index (χ3n) is 7.13. The summed E-state index contributed by atoms with van der Waals surface area (Å²) in [5.74, 6) is 1.17. The number of amides is 2. The predicted octanol–water partition coefficient (Wildman–Crippen LogP) is 3.95. The maximum absolute atomic E-state index is 12.8. The molecule has 0 radical (unpaired) electrons. The van der Waals surface area contributed by atoms with E-state index in [2.05, 4.69) is 12.2 Å². The van der Waals surface area contributed by atoms with E-state index < -0.39 is 0 Å². The highest BCUT2D eigenvalue weighted by Crippen LogP contribution is 2.27. The molecule has 1 aromatic heterocycles. The average molecular weight is 449 g/mol. The Morgan fingerprint density at radius 3 is 2.27 bits per heavy atom. The highest BCUT2D eigenvalue weighted by atomic mass is 16.2. The van der Waals surface area contributed by atoms with Gasteiger partial charge in [-0.25, -0.2) is 9.97 Å². The van der Waals surface area contributed by atoms with Crippen LogP contribution < -0.4 is 5.32 Å². The van der Waals surface area contributed by atoms with E-state index in [-0.39, 0.29) is 17.7 Å². The zero-order valence-electron chi connectivity index (χ0n) is 20.2. The predicted molar refractivity (Wildman–Crippen MR) is 129 cm³/mol. The third kappa shape index (κ3) is 5.98. The van der Waals surface area contributed by atoms with Crippen LogP contribution in [-0.4, -0.2) is 45.8 Å². The SMILES string of the molecule is Cc1ccc(CC(=O)N2CC[C@@H](c3nc(C)c(CC(=O)NC4CCCCC4)c(C)n3)C2)cc1. The molecule has 2 aromatic rings. The van der Waals surface area contributed by atoms with Crippen LogP contribution in [0.5, 0.6) is 0 Å². The van der Waals surface area contributed by atoms with E-state index in [4.69, 9.17) is 9.97 Å². The first-order valence-corrected chi connectivity index (χ1v) is 12.4. The molecule has 1 saturated carbocycles. The summed E-state index contributed by atoms with van der Waals surface area (Å²) < 4.78 is 0. The van der Waals surface area contributed by atoms with Crippen molar-refractivity contribution in [2.75, 3.05) is 13.1 Å². The van der Waals surface area contributed by atoms with Crippen molar-refractivity contribution >= 4 is 11.8 Å². The lowest BCUT2D eigenvalue weighted by Gasteiger charge is -2.23. The van der Waals surface area contributed by atoms with Gasteiger partial charge in [-0.15, -0.1) is 0 Å². The molecule has 4 rings (SSSR count). The summed E-state index contributed by atoms with van der Waals surface area (Å²) in [5.41, 5.74) is 4.93. The Morgan fingerprint density at radius 1 is 0.939 bits per heavy atom. The lowest BCUT2D eigenvalue weighted by Crippen LogP contribution is -2.37. The number of benzene rings is 1. The quantitative estimate of drug-likeness (QED) is 0.726. The van der Waals surface area contributed by atoms with Crippen molar-refractivity contribution < 1.29 is 9.59 Å². The van der Waals surface area contributed by atoms with Gasteiger partial charge in [-0.3, -0.25) is 9.59 Å². The minimum absolute atomic E-state index is 0.0678. The summed E-state index contributed by atoms with van der Waals surface area (Å²) in [6.07, 6.45) is 7.48. The molecule has 1 aliphatic heterocycles. The van der Waals surface area contributed by atoms with Crippen LogP contribution in [0.25, 0.3) is 0 Å². The van der Waals surface area contributed by atoms with Gasteiger partial charge in [-0.1, -0.05) is 49.1 Å². The molecule has 0 spiro atoms. The molecule has 33 heavy (non-hydrogen) atoms. The molecule has 2 heterocycles. The van der Waals surface area contributed by atoms with Crippen molar-refractivity contribution in [1.82, 2.24) is 20.2 Å². The zero-order chi connectivity index (χ0) is 23.4. The number of hydrogen-bond acceptors (Lipinski definition) is 4. The monoisotopic (exact) mass is 448 g/mol. The molecule has 6 nitrogen and oxygen atoms in total. The Labute approximate surface area is 197 Å². The first-order valence-electron chi connectivity index (χ1n) is 12.4. The van der Waals surface area contributed by atoms with Gasteiger partial charge in [0, 0.05) is 42.0 Å². The van der Waals surface area contributed by atoms with Crippen LogP contribution >= 0.6 is 0 Å². The first kappa shape index (κ1) is 23.4. The number of nitrogens with one attached hydrogen (secondary N) is 1. The van der Waals surface area contributed by atoms with Gasteiger partial charge in [0.15, 0.2) is 0 Å². The van der Waals surface area contributed by atoms with E-state index >= 15 is 0 Å². The van der Waals surface area contributed by atoms with Gasteiger partial charge in [0.1, 0.15) is 5.82 Å². The molecule has 6 heteroatoms. The maximum atomic E-state index is 12.8. The lowest BCUT2D eigenvalue weighted by atomic mass is 9.95. The Kier molecular flexibility index (Phi) is 7.41. The smallest absolute Gasteiger partial charge is 0.227 e. The third-order valence-corrected chi connectivity index (χ3v) is 7.13. The molecule has 1 atom stereocenters. The average Bonchev–Trinajstić information content (AvgIpc) is 3.29. The van der Waals surface area contributed by atoms with Crippen LogP contribution in [0.15, 0.2) is 24.3 Å². The Balaban J connectivity index is 1.36. The molecular weight excluding hydrogens is 412 g/mol. The van der Waals surface area contributed by atoms with Gasteiger partial charge in [0.2, 0.25) is 11.8 Å². The molecule has 176 valence electrons. The molecule has 1 N–H and O–H groups in total. The minimum atomic E-state index is 0.0678. The van der Waals surface area contributed by atoms with E-state index in [9.17, 15) is 9.59 Å². The van der Waals surface area contributed by atoms with Crippen LogP contribution in [0.1, 0.15) is 78.3 Å². The van der Waals surface area contributed by atoms with Crippen LogP contribution in [-0.2, 0) is 22.4 Å². The van der Waals surface area contributed by atoms with Gasteiger partial charge >= 0.3 is 0 Å². The maximum Gasteiger partial charge on any atom is 0.227 e. The van der Waals surface area contributed by atoms with E-state index in [1.807, 2.05) is 43.0 Å². The number of aromatic nitrogens is 2. The first-order chi connectivity index (χ1) is 15.9. The number of aryl methyl sites for hydroxylation is 3. The van der Waals surface area contributed by atoms with Crippen molar-refractivity contribution in [1.29, 1.82) is 0 Å². The van der Waals surface area contributed by atoms with Crippen molar-refractivity contribution in [2.24, 2.45) is 0 Å². The lowest BCUT2D eigenvalue weighted by molar-refractivity contribution is -0.129. The normalized spacial score (nSPS) is 19.0. The van der Waals surface area contributed by atoms with E-state index in [0.29, 0.717) is 25.4 Å². The highest BCUT2D eigenvalue weighted by molar-refractivity contribution is 5.80. The fraction of sp³-hybridized carbons (Fsp3) is 0.556. The standard InChI is InChI=1S/C27H36N4O2/c1-18-9-11-21(12-10-18)15-26(33)31-14-13-22(17-31)27-28-19(2)24(20(3)29-27)16-25(32)30-23-7-5-4-6-8-23/h9-12,22-23H,4-8,13-17H2,1-3H3,(H,30,32)/t22-/m1/s1. The molecular formula is C27H36N4O2. The molecule has 2 amide bonds. The number of rotatable bonds is 6. The summed E-state index contributed by atoms with van der Waals surface area (Å²) in [6, 6.07) is 8.46. The molecule has 2 fully saturated rings. The molecule has 0 bridgehead atoms. The summed E-state index contributed by atoms with van der Waals surface area (Å²) in [4.78, 5) is 36.9. The highest BCUT2D eigenvalue weighted by Gasteiger charge is 2.30. The Bertz CT molecular complexity index is 973. The largest absolute Gasteiger partial charge is 0.353 e. The van der Waals surface area contributed by atoms with Crippen molar-refractivity contribution in [3.05, 3.63) is 58.2 Å². The molecule has 1 aliphatic carbocycles. The second kappa shape index (κ2) is 10.4. The van der Waals surface area contributed by atoms with Crippen LogP contribution in [0, 0.1) is 20.8 Å². The minimum Gasteiger partial charge on any atom is -0.353 e. The summed E-state index contributed by atoms with van der Waals surface area (Å²) in [7, 11) is 0. The fourth-order valence-corrected chi connectivity index (χ4v) is 5.08. The number of likely N-dealkylation sites (tertiary alicyclic amines) is 1. The zero-order valence-corrected chi connectivity index (χ0v) is 20.2. The van der Waals surface area contributed by atoms with Crippen LogP contribution in [0.2, 0.25) is 0 Å². The molecule has 0 unspecified atom stereocenters. The molecule has 1 saturated heterocycles. The Morgan fingerprint density at radius 2 is 1.61 bits per heavy atom. The Hall–Kier alpha value is -2.76. The van der Waals surface area contributed by atoms with Crippen LogP contribution in [0.3, 0.4) is 0 Å². The van der Waals surface area contributed by atoms with Gasteiger partial charge in [0.25, 0.3) is 0 Å². The fourth-order valence-electron chi connectivity index (χ4n) is 5.08. The second-order valence-electron chi connectivity index (χ2n) is 9.80. The molecule has 1 aromatic carbocycles. The van der Waals surface area contributed by atoms with Gasteiger partial charge in [-0.05, 0) is 45.6 Å². The number of nitrogens with zero attached hydrogens (tertiary/aromatic N) is 3. The van der Waals surface area contributed by atoms with Gasteiger partial charge in [0.05, 0.1) is 12.8 Å².